The fourth-order valence-corrected chi connectivity index (χ4v) is 4.18. The van der Waals surface area contributed by atoms with E-state index in [4.69, 9.17) is 0 Å². The first-order valence-electron chi connectivity index (χ1n) is 7.82. The van der Waals surface area contributed by atoms with Crippen LogP contribution in [0, 0.1) is 0 Å². The Morgan fingerprint density at radius 3 is 2.39 bits per heavy atom. The second kappa shape index (κ2) is 6.01. The summed E-state index contributed by atoms with van der Waals surface area (Å²) >= 11 is 1.80. The van der Waals surface area contributed by atoms with Gasteiger partial charge in [0, 0.05) is 17.0 Å². The van der Waals surface area contributed by atoms with Gasteiger partial charge in [0.15, 0.2) is 0 Å². The lowest BCUT2D eigenvalue weighted by atomic mass is 9.92. The van der Waals surface area contributed by atoms with Crippen molar-refractivity contribution in [3.63, 3.8) is 0 Å². The summed E-state index contributed by atoms with van der Waals surface area (Å²) in [5, 5.41) is 2.14. The van der Waals surface area contributed by atoms with Crippen LogP contribution in [-0.2, 0) is 6.42 Å². The molecule has 114 valence electrons. The van der Waals surface area contributed by atoms with E-state index in [9.17, 15) is 4.79 Å². The third kappa shape index (κ3) is 2.57. The van der Waals surface area contributed by atoms with Gasteiger partial charge in [-0.05, 0) is 41.1 Å². The largest absolute Gasteiger partial charge is 0.327 e. The summed E-state index contributed by atoms with van der Waals surface area (Å²) in [6.45, 7) is 0.765. The number of benzene rings is 2. The average Bonchev–Trinajstić information content (AvgIpc) is 3.10. The highest BCUT2D eigenvalue weighted by atomic mass is 32.1. The van der Waals surface area contributed by atoms with E-state index >= 15 is 0 Å². The van der Waals surface area contributed by atoms with Crippen LogP contribution in [0.2, 0.25) is 0 Å². The maximum atomic E-state index is 13.0. The lowest BCUT2D eigenvalue weighted by molar-refractivity contribution is 0.0696. The Kier molecular flexibility index (Phi) is 3.72. The van der Waals surface area contributed by atoms with Gasteiger partial charge in [-0.15, -0.1) is 11.3 Å². The number of hydrogen-bond acceptors (Lipinski definition) is 2. The third-order valence-electron chi connectivity index (χ3n) is 4.36. The quantitative estimate of drug-likeness (QED) is 0.679. The van der Waals surface area contributed by atoms with Gasteiger partial charge in [-0.1, -0.05) is 48.5 Å². The Morgan fingerprint density at radius 1 is 0.957 bits per heavy atom. The highest BCUT2D eigenvalue weighted by Crippen LogP contribution is 2.38. The molecule has 3 heteroatoms. The van der Waals surface area contributed by atoms with Gasteiger partial charge in [0.2, 0.25) is 0 Å². The van der Waals surface area contributed by atoms with E-state index in [1.54, 1.807) is 11.3 Å². The van der Waals surface area contributed by atoms with E-state index in [0.717, 1.165) is 18.5 Å². The molecular weight excluding hydrogens is 302 g/mol. The van der Waals surface area contributed by atoms with Crippen LogP contribution >= 0.6 is 11.3 Å². The average molecular weight is 319 g/mol. The Bertz CT molecular complexity index is 810. The SMILES string of the molecule is O=C(c1ccccc1)N1CCc2sccc2C1c1ccccc1. The van der Waals surface area contributed by atoms with E-state index < -0.39 is 0 Å². The summed E-state index contributed by atoms with van der Waals surface area (Å²) in [4.78, 5) is 16.5. The van der Waals surface area contributed by atoms with Crippen molar-refractivity contribution >= 4 is 17.2 Å². The fourth-order valence-electron chi connectivity index (χ4n) is 3.28. The number of hydrogen-bond donors (Lipinski definition) is 0. The van der Waals surface area contributed by atoms with Crippen molar-refractivity contribution in [1.29, 1.82) is 0 Å². The lowest BCUT2D eigenvalue weighted by Crippen LogP contribution is -2.40. The van der Waals surface area contributed by atoms with Gasteiger partial charge in [0.25, 0.3) is 5.91 Å². The third-order valence-corrected chi connectivity index (χ3v) is 5.36. The molecule has 0 radical (unpaired) electrons. The molecule has 2 nitrogen and oxygen atoms in total. The van der Waals surface area contributed by atoms with Crippen LogP contribution in [0.4, 0.5) is 0 Å². The predicted octanol–water partition coefficient (Wildman–Crippen LogP) is 4.54. The van der Waals surface area contributed by atoms with Crippen LogP contribution in [0.1, 0.15) is 32.4 Å². The standard InChI is InChI=1S/C20H17NOS/c22-20(16-9-5-2-6-10-16)21-13-11-18-17(12-14-23-18)19(21)15-7-3-1-4-8-15/h1-10,12,14,19H,11,13H2. The molecule has 2 aromatic carbocycles. The summed E-state index contributed by atoms with van der Waals surface area (Å²) in [6, 6.07) is 22.1. The maximum absolute atomic E-state index is 13.0. The first-order valence-corrected chi connectivity index (χ1v) is 8.70. The normalized spacial score (nSPS) is 16.9. The smallest absolute Gasteiger partial charge is 0.254 e. The molecular formula is C20H17NOS. The number of nitrogens with zero attached hydrogens (tertiary/aromatic N) is 1. The molecule has 0 saturated carbocycles. The van der Waals surface area contributed by atoms with Crippen molar-refractivity contribution in [3.8, 4) is 0 Å². The Labute approximate surface area is 140 Å². The number of thiophene rings is 1. The fraction of sp³-hybridized carbons (Fsp3) is 0.150. The van der Waals surface area contributed by atoms with Gasteiger partial charge in [-0.25, -0.2) is 0 Å². The van der Waals surface area contributed by atoms with Crippen LogP contribution in [0.5, 0.6) is 0 Å². The minimum absolute atomic E-state index is 0.0129. The zero-order valence-corrected chi connectivity index (χ0v) is 13.5. The van der Waals surface area contributed by atoms with Gasteiger partial charge < -0.3 is 4.90 Å². The van der Waals surface area contributed by atoms with E-state index in [1.165, 1.54) is 16.0 Å². The molecule has 0 spiro atoms. The van der Waals surface area contributed by atoms with Crippen molar-refractivity contribution < 1.29 is 4.79 Å². The van der Waals surface area contributed by atoms with Crippen molar-refractivity contribution in [2.75, 3.05) is 6.54 Å². The molecule has 1 aromatic heterocycles. The van der Waals surface area contributed by atoms with E-state index in [2.05, 4.69) is 23.6 Å². The summed E-state index contributed by atoms with van der Waals surface area (Å²) in [7, 11) is 0. The molecule has 1 aliphatic rings. The van der Waals surface area contributed by atoms with Gasteiger partial charge in [0.05, 0.1) is 6.04 Å². The number of carbonyl (C=O) groups excluding carboxylic acids is 1. The molecule has 1 amide bonds. The second-order valence-electron chi connectivity index (χ2n) is 5.73. The highest BCUT2D eigenvalue weighted by Gasteiger charge is 2.32. The molecule has 1 aliphatic heterocycles. The number of carbonyl (C=O) groups is 1. The predicted molar refractivity (Wildman–Crippen MR) is 93.8 cm³/mol. The molecule has 23 heavy (non-hydrogen) atoms. The Morgan fingerprint density at radius 2 is 1.65 bits per heavy atom. The van der Waals surface area contributed by atoms with Crippen LogP contribution in [0.25, 0.3) is 0 Å². The first-order chi connectivity index (χ1) is 11.3. The van der Waals surface area contributed by atoms with Crippen LogP contribution in [0.3, 0.4) is 0 Å². The summed E-state index contributed by atoms with van der Waals surface area (Å²) < 4.78 is 0. The minimum atomic E-state index is 0.0129. The number of amides is 1. The zero-order valence-electron chi connectivity index (χ0n) is 12.7. The molecule has 0 aliphatic carbocycles. The van der Waals surface area contributed by atoms with Crippen molar-refractivity contribution in [3.05, 3.63) is 93.7 Å². The Balaban J connectivity index is 1.78. The van der Waals surface area contributed by atoms with Crippen molar-refractivity contribution in [2.45, 2.75) is 12.5 Å². The first kappa shape index (κ1) is 14.2. The molecule has 0 fully saturated rings. The Hall–Kier alpha value is -2.39. The molecule has 2 heterocycles. The topological polar surface area (TPSA) is 20.3 Å². The van der Waals surface area contributed by atoms with Crippen LogP contribution < -0.4 is 0 Å². The monoisotopic (exact) mass is 319 g/mol. The van der Waals surface area contributed by atoms with Crippen LogP contribution in [0.15, 0.2) is 72.1 Å². The van der Waals surface area contributed by atoms with Gasteiger partial charge >= 0.3 is 0 Å². The minimum Gasteiger partial charge on any atom is -0.327 e. The summed E-state index contributed by atoms with van der Waals surface area (Å²) in [6.07, 6.45) is 0.939. The molecule has 0 N–H and O–H groups in total. The van der Waals surface area contributed by atoms with Gasteiger partial charge in [-0.3, -0.25) is 4.79 Å². The molecule has 1 unspecified atom stereocenters. The van der Waals surface area contributed by atoms with E-state index in [-0.39, 0.29) is 11.9 Å². The van der Waals surface area contributed by atoms with E-state index in [0.29, 0.717) is 0 Å². The number of fused-ring (bicyclic) bond motifs is 1. The number of rotatable bonds is 2. The van der Waals surface area contributed by atoms with Gasteiger partial charge in [0.1, 0.15) is 0 Å². The summed E-state index contributed by atoms with van der Waals surface area (Å²) in [5.74, 6) is 0.108. The molecule has 0 bridgehead atoms. The summed E-state index contributed by atoms with van der Waals surface area (Å²) in [5.41, 5.74) is 3.21. The van der Waals surface area contributed by atoms with Gasteiger partial charge in [-0.2, -0.15) is 0 Å². The molecule has 4 rings (SSSR count). The van der Waals surface area contributed by atoms with Crippen molar-refractivity contribution in [2.24, 2.45) is 0 Å². The highest BCUT2D eigenvalue weighted by molar-refractivity contribution is 7.10. The lowest BCUT2D eigenvalue weighted by Gasteiger charge is -2.36. The maximum Gasteiger partial charge on any atom is 0.254 e. The second-order valence-corrected chi connectivity index (χ2v) is 6.73. The van der Waals surface area contributed by atoms with E-state index in [1.807, 2.05) is 53.4 Å². The van der Waals surface area contributed by atoms with Crippen LogP contribution in [-0.4, -0.2) is 17.4 Å². The molecule has 3 aromatic rings. The van der Waals surface area contributed by atoms with Crippen molar-refractivity contribution in [1.82, 2.24) is 4.90 Å². The molecule has 1 atom stereocenters. The zero-order chi connectivity index (χ0) is 15.6. The molecule has 0 saturated heterocycles.